The van der Waals surface area contributed by atoms with Gasteiger partial charge in [-0.1, -0.05) is 46.0 Å². The Hall–Kier alpha value is -0.830. The lowest BCUT2D eigenvalue weighted by molar-refractivity contribution is 0.371. The molecule has 18 heavy (non-hydrogen) atoms. The third-order valence-electron chi connectivity index (χ3n) is 3.84. The Balaban J connectivity index is 1.90. The zero-order valence-electron chi connectivity index (χ0n) is 11.9. The molecule has 1 saturated carbocycles. The lowest BCUT2D eigenvalue weighted by Gasteiger charge is -2.20. The van der Waals surface area contributed by atoms with Crippen LogP contribution in [-0.2, 0) is 6.54 Å². The van der Waals surface area contributed by atoms with Crippen LogP contribution in [0.1, 0.15) is 70.5 Å². The van der Waals surface area contributed by atoms with Gasteiger partial charge < -0.3 is 9.88 Å². The minimum absolute atomic E-state index is 0.525. The number of imidazole rings is 1. The van der Waals surface area contributed by atoms with Crippen molar-refractivity contribution in [3.8, 4) is 0 Å². The van der Waals surface area contributed by atoms with Crippen LogP contribution < -0.4 is 5.32 Å². The van der Waals surface area contributed by atoms with Crippen LogP contribution in [0.3, 0.4) is 0 Å². The second-order valence-electron chi connectivity index (χ2n) is 5.85. The van der Waals surface area contributed by atoms with Gasteiger partial charge in [0.15, 0.2) is 0 Å². The van der Waals surface area contributed by atoms with Gasteiger partial charge in [-0.25, -0.2) is 4.98 Å². The molecule has 1 aliphatic carbocycles. The average Bonchev–Trinajstić information content (AvgIpc) is 2.74. The molecule has 1 aromatic heterocycles. The molecule has 0 bridgehead atoms. The Morgan fingerprint density at radius 1 is 1.22 bits per heavy atom. The molecule has 0 spiro atoms. The molecular formula is C15H27N3. The fraction of sp³-hybridized carbons (Fsp3) is 0.800. The lowest BCUT2D eigenvalue weighted by Crippen LogP contribution is -2.22. The summed E-state index contributed by atoms with van der Waals surface area (Å²) in [4.78, 5) is 4.52. The standard InChI is InChI=1S/C15H27N3/c1-13(2)16-10-14-11-18(12-17-14)15-8-6-4-3-5-7-9-15/h11-13,15-16H,3-10H2,1-2H3. The van der Waals surface area contributed by atoms with E-state index in [1.807, 2.05) is 6.33 Å². The van der Waals surface area contributed by atoms with E-state index in [9.17, 15) is 0 Å². The summed E-state index contributed by atoms with van der Waals surface area (Å²) in [5.74, 6) is 0. The summed E-state index contributed by atoms with van der Waals surface area (Å²) >= 11 is 0. The monoisotopic (exact) mass is 249 g/mol. The van der Waals surface area contributed by atoms with Gasteiger partial charge in [0, 0.05) is 24.8 Å². The quantitative estimate of drug-likeness (QED) is 0.882. The highest BCUT2D eigenvalue weighted by atomic mass is 15.1. The van der Waals surface area contributed by atoms with E-state index in [2.05, 4.69) is 34.9 Å². The van der Waals surface area contributed by atoms with E-state index in [1.165, 1.54) is 50.6 Å². The van der Waals surface area contributed by atoms with Gasteiger partial charge in [-0.3, -0.25) is 0 Å². The largest absolute Gasteiger partial charge is 0.334 e. The normalized spacial score (nSPS) is 18.8. The maximum Gasteiger partial charge on any atom is 0.0952 e. The smallest absolute Gasteiger partial charge is 0.0952 e. The molecule has 2 rings (SSSR count). The van der Waals surface area contributed by atoms with Crippen molar-refractivity contribution in [3.63, 3.8) is 0 Å². The Morgan fingerprint density at radius 3 is 2.56 bits per heavy atom. The molecular weight excluding hydrogens is 222 g/mol. The molecule has 1 aliphatic rings. The fourth-order valence-electron chi connectivity index (χ4n) is 2.71. The molecule has 1 heterocycles. The topological polar surface area (TPSA) is 29.9 Å². The first-order chi connectivity index (χ1) is 8.75. The molecule has 0 atom stereocenters. The second kappa shape index (κ2) is 6.93. The zero-order valence-corrected chi connectivity index (χ0v) is 11.9. The van der Waals surface area contributed by atoms with E-state index in [-0.39, 0.29) is 0 Å². The van der Waals surface area contributed by atoms with E-state index in [1.54, 1.807) is 0 Å². The molecule has 1 fully saturated rings. The molecule has 102 valence electrons. The van der Waals surface area contributed by atoms with Crippen molar-refractivity contribution < 1.29 is 0 Å². The maximum absolute atomic E-state index is 4.52. The molecule has 3 heteroatoms. The average molecular weight is 249 g/mol. The third-order valence-corrected chi connectivity index (χ3v) is 3.84. The fourth-order valence-corrected chi connectivity index (χ4v) is 2.71. The van der Waals surface area contributed by atoms with Gasteiger partial charge in [-0.15, -0.1) is 0 Å². The summed E-state index contributed by atoms with van der Waals surface area (Å²) in [6, 6.07) is 1.21. The van der Waals surface area contributed by atoms with E-state index in [4.69, 9.17) is 0 Å². The molecule has 3 nitrogen and oxygen atoms in total. The van der Waals surface area contributed by atoms with Crippen molar-refractivity contribution >= 4 is 0 Å². The van der Waals surface area contributed by atoms with Gasteiger partial charge in [0.1, 0.15) is 0 Å². The third kappa shape index (κ3) is 4.13. The summed E-state index contributed by atoms with van der Waals surface area (Å²) in [7, 11) is 0. The van der Waals surface area contributed by atoms with Crippen LogP contribution in [0, 0.1) is 0 Å². The van der Waals surface area contributed by atoms with Crippen LogP contribution >= 0.6 is 0 Å². The van der Waals surface area contributed by atoms with Gasteiger partial charge in [0.05, 0.1) is 12.0 Å². The number of nitrogens with one attached hydrogen (secondary N) is 1. The Bertz CT molecular complexity index is 335. The van der Waals surface area contributed by atoms with Gasteiger partial charge in [0.2, 0.25) is 0 Å². The lowest BCUT2D eigenvalue weighted by atomic mass is 9.97. The predicted octanol–water partition coefficient (Wildman–Crippen LogP) is 3.67. The molecule has 0 saturated heterocycles. The summed E-state index contributed by atoms with van der Waals surface area (Å²) in [6.45, 7) is 5.23. The molecule has 0 unspecified atom stereocenters. The Kier molecular flexibility index (Phi) is 5.24. The molecule has 1 aromatic rings. The van der Waals surface area contributed by atoms with Crippen LogP contribution in [0.25, 0.3) is 0 Å². The van der Waals surface area contributed by atoms with Crippen molar-refractivity contribution in [3.05, 3.63) is 18.2 Å². The first-order valence-electron chi connectivity index (χ1n) is 7.51. The number of aromatic nitrogens is 2. The first-order valence-corrected chi connectivity index (χ1v) is 7.51. The summed E-state index contributed by atoms with van der Waals surface area (Å²) in [6.07, 6.45) is 13.9. The van der Waals surface area contributed by atoms with Crippen molar-refractivity contribution in [1.82, 2.24) is 14.9 Å². The van der Waals surface area contributed by atoms with Crippen molar-refractivity contribution in [1.29, 1.82) is 0 Å². The minimum atomic E-state index is 0.525. The van der Waals surface area contributed by atoms with Crippen LogP contribution in [0.4, 0.5) is 0 Å². The Morgan fingerprint density at radius 2 is 1.89 bits per heavy atom. The zero-order chi connectivity index (χ0) is 12.8. The highest BCUT2D eigenvalue weighted by Gasteiger charge is 2.13. The number of rotatable bonds is 4. The SMILES string of the molecule is CC(C)NCc1cn(C2CCCCCCC2)cn1. The summed E-state index contributed by atoms with van der Waals surface area (Å²) in [5.41, 5.74) is 1.17. The Labute approximate surface area is 111 Å². The second-order valence-corrected chi connectivity index (χ2v) is 5.85. The highest BCUT2D eigenvalue weighted by molar-refractivity contribution is 4.98. The van der Waals surface area contributed by atoms with E-state index < -0.39 is 0 Å². The van der Waals surface area contributed by atoms with Crippen LogP contribution in [-0.4, -0.2) is 15.6 Å². The van der Waals surface area contributed by atoms with Gasteiger partial charge in [0.25, 0.3) is 0 Å². The highest BCUT2D eigenvalue weighted by Crippen LogP contribution is 2.26. The van der Waals surface area contributed by atoms with E-state index in [0.717, 1.165) is 6.54 Å². The number of hydrogen-bond donors (Lipinski definition) is 1. The molecule has 0 aliphatic heterocycles. The van der Waals surface area contributed by atoms with Crippen LogP contribution in [0.2, 0.25) is 0 Å². The molecule has 0 aromatic carbocycles. The molecule has 1 N–H and O–H groups in total. The van der Waals surface area contributed by atoms with Crippen LogP contribution in [0.15, 0.2) is 12.5 Å². The van der Waals surface area contributed by atoms with Crippen LogP contribution in [0.5, 0.6) is 0 Å². The maximum atomic E-state index is 4.52. The van der Waals surface area contributed by atoms with Crippen molar-refractivity contribution in [2.75, 3.05) is 0 Å². The van der Waals surface area contributed by atoms with Gasteiger partial charge in [-0.2, -0.15) is 0 Å². The van der Waals surface area contributed by atoms with Gasteiger partial charge in [-0.05, 0) is 12.8 Å². The molecule has 0 radical (unpaired) electrons. The predicted molar refractivity (Wildman–Crippen MR) is 75.6 cm³/mol. The summed E-state index contributed by atoms with van der Waals surface area (Å²) < 4.78 is 2.35. The first kappa shape index (κ1) is 13.6. The number of nitrogens with zero attached hydrogens (tertiary/aromatic N) is 2. The van der Waals surface area contributed by atoms with Crippen molar-refractivity contribution in [2.24, 2.45) is 0 Å². The van der Waals surface area contributed by atoms with E-state index in [0.29, 0.717) is 12.1 Å². The molecule has 0 amide bonds. The van der Waals surface area contributed by atoms with E-state index >= 15 is 0 Å². The number of hydrogen-bond acceptors (Lipinski definition) is 2. The van der Waals surface area contributed by atoms with Gasteiger partial charge >= 0.3 is 0 Å². The minimum Gasteiger partial charge on any atom is -0.334 e. The summed E-state index contributed by atoms with van der Waals surface area (Å²) in [5, 5.41) is 3.42. The van der Waals surface area contributed by atoms with Crippen molar-refractivity contribution in [2.45, 2.75) is 77.4 Å².